The monoisotopic (exact) mass is 482 g/mol. The summed E-state index contributed by atoms with van der Waals surface area (Å²) in [5.74, 6) is 0.923. The zero-order chi connectivity index (χ0) is 25.4. The molecule has 1 aromatic rings. The quantitative estimate of drug-likeness (QED) is 0.407. The number of aliphatic imine (C=N–C) groups is 1. The molecule has 2 heterocycles. The van der Waals surface area contributed by atoms with E-state index in [-0.39, 0.29) is 12.6 Å². The lowest BCUT2D eigenvalue weighted by molar-refractivity contribution is 0.147. The number of likely N-dealkylation sites (tertiary alicyclic amines) is 1. The van der Waals surface area contributed by atoms with Crippen LogP contribution in [-0.2, 0) is 6.42 Å². The molecule has 0 bridgehead atoms. The van der Waals surface area contributed by atoms with Gasteiger partial charge in [-0.05, 0) is 84.3 Å². The van der Waals surface area contributed by atoms with E-state index in [0.29, 0.717) is 18.6 Å². The number of nitrogens with zero attached hydrogens (tertiary/aromatic N) is 6. The maximum atomic E-state index is 9.83. The molecule has 35 heavy (non-hydrogen) atoms. The number of allylic oxidation sites excluding steroid dienone is 1. The van der Waals surface area contributed by atoms with E-state index in [1.807, 2.05) is 31.3 Å². The van der Waals surface area contributed by atoms with Gasteiger partial charge in [0.1, 0.15) is 5.84 Å². The zero-order valence-corrected chi connectivity index (χ0v) is 22.7. The predicted molar refractivity (Wildman–Crippen MR) is 145 cm³/mol. The number of likely N-dealkylation sites (N-methyl/N-ethyl adjacent to an activating group) is 2. The molecular formula is C28H46N6O. The van der Waals surface area contributed by atoms with Crippen LogP contribution in [0.2, 0.25) is 0 Å². The highest BCUT2D eigenvalue weighted by Crippen LogP contribution is 2.34. The second-order valence-corrected chi connectivity index (χ2v) is 10.4. The Kier molecular flexibility index (Phi) is 10.5. The molecule has 1 unspecified atom stereocenters. The molecule has 1 fully saturated rings. The van der Waals surface area contributed by atoms with Crippen LogP contribution in [0.1, 0.15) is 57.3 Å². The lowest BCUT2D eigenvalue weighted by Gasteiger charge is -2.38. The largest absolute Gasteiger partial charge is 0.392 e. The molecule has 1 aliphatic heterocycles. The average molecular weight is 483 g/mol. The first-order valence-electron chi connectivity index (χ1n) is 13.1. The highest BCUT2D eigenvalue weighted by molar-refractivity contribution is 5.93. The Morgan fingerprint density at radius 2 is 2.09 bits per heavy atom. The second-order valence-electron chi connectivity index (χ2n) is 10.4. The summed E-state index contributed by atoms with van der Waals surface area (Å²) in [5, 5.41) is 9.83. The van der Waals surface area contributed by atoms with Gasteiger partial charge in [-0.1, -0.05) is 12.1 Å². The van der Waals surface area contributed by atoms with Gasteiger partial charge >= 0.3 is 0 Å². The van der Waals surface area contributed by atoms with Crippen molar-refractivity contribution in [2.24, 2.45) is 4.99 Å². The van der Waals surface area contributed by atoms with E-state index in [2.05, 4.69) is 66.7 Å². The summed E-state index contributed by atoms with van der Waals surface area (Å²) < 4.78 is 0. The molecule has 1 aliphatic carbocycles. The minimum Gasteiger partial charge on any atom is -0.392 e. The van der Waals surface area contributed by atoms with Gasteiger partial charge in [0.15, 0.2) is 0 Å². The predicted octanol–water partition coefficient (Wildman–Crippen LogP) is 3.55. The maximum Gasteiger partial charge on any atom is 0.129 e. The molecule has 0 spiro atoms. The molecule has 0 saturated carbocycles. The van der Waals surface area contributed by atoms with Gasteiger partial charge in [0, 0.05) is 45.0 Å². The molecule has 0 radical (unpaired) electrons. The van der Waals surface area contributed by atoms with Crippen molar-refractivity contribution in [1.82, 2.24) is 24.6 Å². The minimum absolute atomic E-state index is 0.0201. The van der Waals surface area contributed by atoms with Crippen molar-refractivity contribution >= 4 is 5.84 Å². The highest BCUT2D eigenvalue weighted by atomic mass is 16.2. The molecular weight excluding hydrogens is 436 g/mol. The molecule has 2 aliphatic rings. The van der Waals surface area contributed by atoms with E-state index >= 15 is 0 Å². The zero-order valence-electron chi connectivity index (χ0n) is 22.7. The smallest absolute Gasteiger partial charge is 0.129 e. The third-order valence-electron chi connectivity index (χ3n) is 7.26. The van der Waals surface area contributed by atoms with Gasteiger partial charge in [0.2, 0.25) is 0 Å². The Balaban J connectivity index is 1.79. The normalized spacial score (nSPS) is 22.1. The number of aliphatic hydroxyl groups excluding tert-OH is 1. The topological polar surface area (TPSA) is 58.4 Å². The van der Waals surface area contributed by atoms with Crippen LogP contribution < -0.4 is 0 Å². The first-order chi connectivity index (χ1) is 16.8. The minimum atomic E-state index is -0.0201. The van der Waals surface area contributed by atoms with Crippen LogP contribution in [0.4, 0.5) is 0 Å². The first kappa shape index (κ1) is 27.5. The van der Waals surface area contributed by atoms with Gasteiger partial charge in [-0.3, -0.25) is 14.8 Å². The standard InChI is InChI=1S/C28H46N6O/c1-7-10-27(32(6)21-33-17-14-25(20-33)31(4)5)30-24(15-18-35)19-34(22(2)3)26-13-8-11-23-12-9-16-29-28(23)26/h7,9-10,12,15-16,22,25-26,35H,8,11,13-14,17-21H2,1-6H3/b10-7-,24-15+,30-27+/t25?,26-/m0/s1. The van der Waals surface area contributed by atoms with Crippen LogP contribution in [0, 0.1) is 0 Å². The van der Waals surface area contributed by atoms with Crippen LogP contribution in [0.25, 0.3) is 0 Å². The number of rotatable bonds is 10. The molecule has 0 aromatic carbocycles. The number of pyridine rings is 1. The Bertz CT molecular complexity index is 893. The number of amidine groups is 1. The number of aryl methyl sites for hydroxylation is 1. The first-order valence-corrected chi connectivity index (χ1v) is 13.1. The van der Waals surface area contributed by atoms with Gasteiger partial charge in [-0.2, -0.15) is 0 Å². The Hall–Kier alpha value is -2.06. The van der Waals surface area contributed by atoms with Crippen molar-refractivity contribution in [2.45, 2.75) is 64.6 Å². The molecule has 1 aromatic heterocycles. The van der Waals surface area contributed by atoms with Crippen molar-refractivity contribution in [2.75, 3.05) is 54.1 Å². The van der Waals surface area contributed by atoms with Crippen LogP contribution in [0.15, 0.2) is 47.2 Å². The van der Waals surface area contributed by atoms with Crippen LogP contribution in [0.5, 0.6) is 0 Å². The summed E-state index contributed by atoms with van der Waals surface area (Å²) in [6.07, 6.45) is 12.5. The lowest BCUT2D eigenvalue weighted by atomic mass is 9.90. The van der Waals surface area contributed by atoms with Crippen molar-refractivity contribution in [3.63, 3.8) is 0 Å². The number of hydrogen-bond acceptors (Lipinski definition) is 6. The SMILES string of the molecule is C\C=C/C(=N\C(=C\CO)CN(C(C)C)[C@H]1CCCc2cccnc21)N(C)CN1CCC(N(C)C)C1. The molecule has 1 saturated heterocycles. The fourth-order valence-electron chi connectivity index (χ4n) is 5.28. The van der Waals surface area contributed by atoms with Crippen molar-refractivity contribution in [1.29, 1.82) is 0 Å². The molecule has 7 nitrogen and oxygen atoms in total. The van der Waals surface area contributed by atoms with E-state index in [1.54, 1.807) is 0 Å². The van der Waals surface area contributed by atoms with Crippen LogP contribution in [0.3, 0.4) is 0 Å². The second kappa shape index (κ2) is 13.3. The van der Waals surface area contributed by atoms with Gasteiger partial charge in [-0.15, -0.1) is 0 Å². The van der Waals surface area contributed by atoms with E-state index < -0.39 is 0 Å². The van der Waals surface area contributed by atoms with E-state index in [1.165, 1.54) is 24.1 Å². The fraction of sp³-hybridized carbons (Fsp3) is 0.643. The van der Waals surface area contributed by atoms with Crippen molar-refractivity contribution < 1.29 is 5.11 Å². The summed E-state index contributed by atoms with van der Waals surface area (Å²) in [6.45, 7) is 10.2. The van der Waals surface area contributed by atoms with E-state index in [0.717, 1.165) is 44.1 Å². The van der Waals surface area contributed by atoms with Gasteiger partial charge in [0.25, 0.3) is 0 Å². The van der Waals surface area contributed by atoms with Gasteiger partial charge in [-0.25, -0.2) is 4.99 Å². The molecule has 2 atom stereocenters. The van der Waals surface area contributed by atoms with Crippen molar-refractivity contribution in [3.8, 4) is 0 Å². The summed E-state index contributed by atoms with van der Waals surface area (Å²) in [5.41, 5.74) is 3.47. The molecule has 1 N–H and O–H groups in total. The molecule has 7 heteroatoms. The van der Waals surface area contributed by atoms with Crippen molar-refractivity contribution in [3.05, 3.63) is 53.5 Å². The van der Waals surface area contributed by atoms with Gasteiger partial charge < -0.3 is 14.9 Å². The number of aliphatic hydroxyl groups is 1. The third kappa shape index (κ3) is 7.46. The Morgan fingerprint density at radius 3 is 2.74 bits per heavy atom. The summed E-state index contributed by atoms with van der Waals surface area (Å²) in [7, 11) is 6.44. The fourth-order valence-corrected chi connectivity index (χ4v) is 5.28. The summed E-state index contributed by atoms with van der Waals surface area (Å²) >= 11 is 0. The Labute approximate surface area is 212 Å². The molecule has 3 rings (SSSR count). The molecule has 194 valence electrons. The molecule has 0 amide bonds. The number of aromatic nitrogens is 1. The van der Waals surface area contributed by atoms with Gasteiger partial charge in [0.05, 0.1) is 30.7 Å². The average Bonchev–Trinajstić information content (AvgIpc) is 3.30. The summed E-state index contributed by atoms with van der Waals surface area (Å²) in [6, 6.07) is 5.48. The number of hydrogen-bond donors (Lipinski definition) is 1. The number of fused-ring (bicyclic) bond motifs is 1. The third-order valence-corrected chi connectivity index (χ3v) is 7.26. The van der Waals surface area contributed by atoms with Crippen LogP contribution >= 0.6 is 0 Å². The highest BCUT2D eigenvalue weighted by Gasteiger charge is 2.29. The maximum absolute atomic E-state index is 9.83. The lowest BCUT2D eigenvalue weighted by Crippen LogP contribution is -2.40. The summed E-state index contributed by atoms with van der Waals surface area (Å²) in [4.78, 5) is 19.4. The van der Waals surface area contributed by atoms with Crippen LogP contribution in [-0.4, -0.2) is 102 Å². The Morgan fingerprint density at radius 1 is 1.29 bits per heavy atom. The van der Waals surface area contributed by atoms with E-state index in [4.69, 9.17) is 9.98 Å². The van der Waals surface area contributed by atoms with E-state index in [9.17, 15) is 5.11 Å².